The van der Waals surface area contributed by atoms with Crippen molar-refractivity contribution in [2.75, 3.05) is 5.32 Å². The minimum absolute atomic E-state index is 0.0713. The van der Waals surface area contributed by atoms with Gasteiger partial charge in [0.1, 0.15) is 5.00 Å². The normalized spacial score (nSPS) is 10.1. The van der Waals surface area contributed by atoms with Crippen LogP contribution in [0, 0.1) is 0 Å². The molecule has 1 aromatic heterocycles. The van der Waals surface area contributed by atoms with Crippen LogP contribution >= 0.6 is 27.5 Å². The average Bonchev–Trinajstić information content (AvgIpc) is 2.74. The van der Waals surface area contributed by atoms with Crippen molar-refractivity contribution in [2.45, 2.75) is 6.42 Å². The van der Waals surface area contributed by atoms with Gasteiger partial charge in [0.25, 0.3) is 0 Å². The second kappa shape index (κ2) is 5.18. The van der Waals surface area contributed by atoms with Gasteiger partial charge in [-0.15, -0.1) is 5.10 Å². The number of halogens is 1. The van der Waals surface area contributed by atoms with Crippen molar-refractivity contribution in [2.24, 2.45) is 0 Å². The Morgan fingerprint density at radius 2 is 2.25 bits per heavy atom. The van der Waals surface area contributed by atoms with Gasteiger partial charge in [0.15, 0.2) is 0 Å². The zero-order valence-electron chi connectivity index (χ0n) is 8.18. The number of hydrogen-bond donors (Lipinski definition) is 1. The van der Waals surface area contributed by atoms with Crippen molar-refractivity contribution in [3.05, 3.63) is 40.5 Å². The van der Waals surface area contributed by atoms with E-state index in [1.54, 1.807) is 0 Å². The van der Waals surface area contributed by atoms with E-state index in [4.69, 9.17) is 0 Å². The lowest BCUT2D eigenvalue weighted by atomic mass is 10.1. The predicted molar refractivity (Wildman–Crippen MR) is 66.4 cm³/mol. The minimum Gasteiger partial charge on any atom is -0.315 e. The summed E-state index contributed by atoms with van der Waals surface area (Å²) in [5, 5.41) is 7.04. The molecule has 4 nitrogen and oxygen atoms in total. The number of amides is 1. The van der Waals surface area contributed by atoms with Crippen LogP contribution in [-0.2, 0) is 11.2 Å². The lowest BCUT2D eigenvalue weighted by Gasteiger charge is -2.03. The van der Waals surface area contributed by atoms with Crippen LogP contribution in [0.1, 0.15) is 5.56 Å². The molecule has 0 atom stereocenters. The quantitative estimate of drug-likeness (QED) is 0.947. The van der Waals surface area contributed by atoms with E-state index < -0.39 is 0 Å². The molecule has 0 fully saturated rings. The first-order valence-electron chi connectivity index (χ1n) is 4.56. The molecule has 0 aliphatic rings. The molecule has 0 saturated heterocycles. The Kier molecular flexibility index (Phi) is 3.63. The number of hydrogen-bond acceptors (Lipinski definition) is 4. The van der Waals surface area contributed by atoms with Crippen LogP contribution in [0.4, 0.5) is 5.00 Å². The summed E-state index contributed by atoms with van der Waals surface area (Å²) in [6, 6.07) is 7.64. The van der Waals surface area contributed by atoms with Crippen molar-refractivity contribution in [3.63, 3.8) is 0 Å². The van der Waals surface area contributed by atoms with Crippen LogP contribution in [0.3, 0.4) is 0 Å². The highest BCUT2D eigenvalue weighted by atomic mass is 79.9. The molecule has 2 aromatic rings. The maximum atomic E-state index is 11.7. The molecule has 0 aliphatic heterocycles. The van der Waals surface area contributed by atoms with Crippen molar-refractivity contribution in [1.82, 2.24) is 9.59 Å². The Bertz CT molecular complexity index is 487. The average molecular weight is 298 g/mol. The summed E-state index contributed by atoms with van der Waals surface area (Å²) in [4.78, 5) is 11.7. The van der Waals surface area contributed by atoms with Gasteiger partial charge in [0, 0.05) is 16.0 Å². The first-order chi connectivity index (χ1) is 7.75. The van der Waals surface area contributed by atoms with Crippen molar-refractivity contribution >= 4 is 38.4 Å². The molecule has 0 unspecified atom stereocenters. The number of rotatable bonds is 3. The lowest BCUT2D eigenvalue weighted by Crippen LogP contribution is -2.13. The van der Waals surface area contributed by atoms with Crippen molar-refractivity contribution < 1.29 is 4.79 Å². The number of aromatic nitrogens is 2. The van der Waals surface area contributed by atoms with E-state index in [2.05, 4.69) is 30.8 Å². The molecule has 0 bridgehead atoms. The van der Waals surface area contributed by atoms with Gasteiger partial charge >= 0.3 is 0 Å². The van der Waals surface area contributed by atoms with Gasteiger partial charge in [-0.2, -0.15) is 0 Å². The Balaban J connectivity index is 2.00. The van der Waals surface area contributed by atoms with E-state index in [0.29, 0.717) is 11.4 Å². The molecular formula is C10H8BrN3OS. The van der Waals surface area contributed by atoms with Crippen LogP contribution in [0.2, 0.25) is 0 Å². The molecule has 1 heterocycles. The van der Waals surface area contributed by atoms with Gasteiger partial charge in [-0.05, 0) is 11.6 Å². The molecule has 6 heteroatoms. The number of carbonyl (C=O) groups is 1. The van der Waals surface area contributed by atoms with Gasteiger partial charge in [0.2, 0.25) is 5.91 Å². The van der Waals surface area contributed by atoms with Gasteiger partial charge in [-0.3, -0.25) is 4.79 Å². The Labute approximate surface area is 105 Å². The number of anilines is 1. The van der Waals surface area contributed by atoms with Crippen molar-refractivity contribution in [3.8, 4) is 0 Å². The SMILES string of the molecule is O=C(Cc1ccccc1Br)Nc1cnns1. The first kappa shape index (κ1) is 11.2. The van der Waals surface area contributed by atoms with E-state index in [0.717, 1.165) is 21.6 Å². The first-order valence-corrected chi connectivity index (χ1v) is 6.13. The molecular weight excluding hydrogens is 290 g/mol. The molecule has 2 rings (SSSR count). The number of nitrogens with zero attached hydrogens (tertiary/aromatic N) is 2. The molecule has 82 valence electrons. The van der Waals surface area contributed by atoms with Gasteiger partial charge < -0.3 is 5.32 Å². The van der Waals surface area contributed by atoms with Crippen LogP contribution in [0.5, 0.6) is 0 Å². The standard InChI is InChI=1S/C10H8BrN3OS/c11-8-4-2-1-3-7(8)5-9(15)13-10-6-12-14-16-10/h1-4,6H,5H2,(H,13,15). The fraction of sp³-hybridized carbons (Fsp3) is 0.100. The number of benzene rings is 1. The third-order valence-electron chi connectivity index (χ3n) is 1.93. The monoisotopic (exact) mass is 297 g/mol. The zero-order valence-corrected chi connectivity index (χ0v) is 10.6. The molecule has 0 spiro atoms. The molecule has 0 saturated carbocycles. The smallest absolute Gasteiger partial charge is 0.229 e. The molecule has 0 aliphatic carbocycles. The van der Waals surface area contributed by atoms with Crippen molar-refractivity contribution in [1.29, 1.82) is 0 Å². The summed E-state index contributed by atoms with van der Waals surface area (Å²) in [6.07, 6.45) is 1.86. The van der Waals surface area contributed by atoms with Crippen LogP contribution in [-0.4, -0.2) is 15.5 Å². The van der Waals surface area contributed by atoms with Gasteiger partial charge in [-0.1, -0.05) is 38.6 Å². The summed E-state index contributed by atoms with van der Waals surface area (Å²) >= 11 is 4.56. The second-order valence-electron chi connectivity index (χ2n) is 3.10. The number of carbonyl (C=O) groups excluding carboxylic acids is 1. The van der Waals surface area contributed by atoms with E-state index in [1.165, 1.54) is 6.20 Å². The summed E-state index contributed by atoms with van der Waals surface area (Å²) < 4.78 is 4.61. The summed E-state index contributed by atoms with van der Waals surface area (Å²) in [6.45, 7) is 0. The molecule has 1 amide bonds. The molecule has 1 N–H and O–H groups in total. The second-order valence-corrected chi connectivity index (χ2v) is 4.74. The molecule has 16 heavy (non-hydrogen) atoms. The zero-order chi connectivity index (χ0) is 11.4. The Morgan fingerprint density at radius 1 is 1.44 bits per heavy atom. The molecule has 1 aromatic carbocycles. The number of nitrogens with one attached hydrogen (secondary N) is 1. The molecule has 0 radical (unpaired) electrons. The fourth-order valence-corrected chi connectivity index (χ4v) is 2.08. The third-order valence-corrected chi connectivity index (χ3v) is 3.29. The summed E-state index contributed by atoms with van der Waals surface area (Å²) in [5.41, 5.74) is 0.956. The Morgan fingerprint density at radius 3 is 2.94 bits per heavy atom. The van der Waals surface area contributed by atoms with Crippen LogP contribution in [0.25, 0.3) is 0 Å². The maximum Gasteiger partial charge on any atom is 0.229 e. The van der Waals surface area contributed by atoms with E-state index >= 15 is 0 Å². The highest BCUT2D eigenvalue weighted by Crippen LogP contribution is 2.17. The lowest BCUT2D eigenvalue weighted by molar-refractivity contribution is -0.115. The van der Waals surface area contributed by atoms with Crippen LogP contribution < -0.4 is 5.32 Å². The topological polar surface area (TPSA) is 54.9 Å². The highest BCUT2D eigenvalue weighted by molar-refractivity contribution is 9.10. The minimum atomic E-state index is -0.0713. The highest BCUT2D eigenvalue weighted by Gasteiger charge is 2.07. The van der Waals surface area contributed by atoms with Crippen LogP contribution in [0.15, 0.2) is 34.9 Å². The van der Waals surface area contributed by atoms with Gasteiger partial charge in [0.05, 0.1) is 12.6 Å². The summed E-state index contributed by atoms with van der Waals surface area (Å²) in [5.74, 6) is -0.0713. The van der Waals surface area contributed by atoms with E-state index in [9.17, 15) is 4.79 Å². The van der Waals surface area contributed by atoms with E-state index in [-0.39, 0.29) is 5.91 Å². The van der Waals surface area contributed by atoms with E-state index in [1.807, 2.05) is 24.3 Å². The fourth-order valence-electron chi connectivity index (χ4n) is 1.22. The maximum absolute atomic E-state index is 11.7. The van der Waals surface area contributed by atoms with Gasteiger partial charge in [-0.25, -0.2) is 0 Å². The predicted octanol–water partition coefficient (Wildman–Crippen LogP) is 2.48. The summed E-state index contributed by atoms with van der Waals surface area (Å²) in [7, 11) is 0. The largest absolute Gasteiger partial charge is 0.315 e. The third kappa shape index (κ3) is 2.86. The Hall–Kier alpha value is -1.27.